The summed E-state index contributed by atoms with van der Waals surface area (Å²) in [6, 6.07) is 5.53. The van der Waals surface area contributed by atoms with Gasteiger partial charge in [0.2, 0.25) is 5.91 Å². The summed E-state index contributed by atoms with van der Waals surface area (Å²) in [7, 11) is 0. The number of amides is 1. The first-order chi connectivity index (χ1) is 9.83. The number of thiophene rings is 1. The van der Waals surface area contributed by atoms with Gasteiger partial charge in [0.25, 0.3) is 0 Å². The average molecular weight is 288 g/mol. The molecule has 0 aliphatic heterocycles. The number of rotatable bonds is 5. The van der Waals surface area contributed by atoms with Crippen LogP contribution in [0, 0.1) is 0 Å². The topological polar surface area (TPSA) is 80.0 Å². The fourth-order valence-corrected chi connectivity index (χ4v) is 2.49. The first-order valence-electron chi connectivity index (χ1n) is 6.04. The van der Waals surface area contributed by atoms with Crippen molar-refractivity contribution < 1.29 is 9.21 Å². The largest absolute Gasteiger partial charge is 0.467 e. The van der Waals surface area contributed by atoms with Crippen molar-refractivity contribution in [2.24, 2.45) is 0 Å². The van der Waals surface area contributed by atoms with Crippen LogP contribution in [0.3, 0.4) is 0 Å². The number of carbonyl (C=O) groups is 1. The number of aromatic nitrogens is 2. The van der Waals surface area contributed by atoms with Crippen LogP contribution >= 0.6 is 11.3 Å². The van der Waals surface area contributed by atoms with E-state index in [-0.39, 0.29) is 12.5 Å². The minimum absolute atomic E-state index is 0.122. The van der Waals surface area contributed by atoms with Crippen molar-refractivity contribution in [3.05, 3.63) is 41.9 Å². The third-order valence-corrected chi connectivity index (χ3v) is 3.54. The highest BCUT2D eigenvalue weighted by Gasteiger charge is 2.07. The molecule has 0 unspecified atom stereocenters. The Kier molecular flexibility index (Phi) is 3.60. The summed E-state index contributed by atoms with van der Waals surface area (Å²) in [6.45, 7) is 0.536. The van der Waals surface area contributed by atoms with E-state index in [1.54, 1.807) is 23.7 Å². The standard InChI is InChI=1S/C13H12N4O2S/c18-11(14-6-9-2-1-4-19-9)7-15-12-10-3-5-20-13(10)17-8-16-12/h1-5,8H,6-7H2,(H,14,18)(H,15,16,17). The van der Waals surface area contributed by atoms with Crippen molar-refractivity contribution in [2.45, 2.75) is 6.54 Å². The zero-order valence-corrected chi connectivity index (χ0v) is 11.3. The zero-order chi connectivity index (χ0) is 13.8. The normalized spacial score (nSPS) is 10.6. The van der Waals surface area contributed by atoms with Gasteiger partial charge in [0, 0.05) is 0 Å². The highest BCUT2D eigenvalue weighted by atomic mass is 32.1. The van der Waals surface area contributed by atoms with Crippen LogP contribution in [0.1, 0.15) is 5.76 Å². The van der Waals surface area contributed by atoms with Gasteiger partial charge in [-0.1, -0.05) is 0 Å². The molecule has 0 aliphatic rings. The van der Waals surface area contributed by atoms with Crippen molar-refractivity contribution in [1.29, 1.82) is 0 Å². The Balaban J connectivity index is 1.56. The third kappa shape index (κ3) is 2.77. The van der Waals surface area contributed by atoms with Gasteiger partial charge >= 0.3 is 0 Å². The van der Waals surface area contributed by atoms with E-state index in [0.717, 1.165) is 16.0 Å². The Labute approximate surface area is 118 Å². The number of carbonyl (C=O) groups excluding carboxylic acids is 1. The molecule has 0 radical (unpaired) electrons. The minimum Gasteiger partial charge on any atom is -0.467 e. The number of nitrogens with one attached hydrogen (secondary N) is 2. The molecular formula is C13H12N4O2S. The van der Waals surface area contributed by atoms with E-state index in [2.05, 4.69) is 20.6 Å². The van der Waals surface area contributed by atoms with Crippen LogP contribution in [0.2, 0.25) is 0 Å². The van der Waals surface area contributed by atoms with Crippen LogP contribution in [0.5, 0.6) is 0 Å². The number of anilines is 1. The number of hydrogen-bond acceptors (Lipinski definition) is 6. The molecule has 0 spiro atoms. The summed E-state index contributed by atoms with van der Waals surface area (Å²) in [5.41, 5.74) is 0. The molecule has 0 aliphatic carbocycles. The SMILES string of the molecule is O=C(CNc1ncnc2sccc12)NCc1ccco1. The molecule has 0 bridgehead atoms. The van der Waals surface area contributed by atoms with E-state index in [9.17, 15) is 4.79 Å². The predicted octanol–water partition coefficient (Wildman–Crippen LogP) is 2.01. The van der Waals surface area contributed by atoms with Crippen molar-refractivity contribution in [3.63, 3.8) is 0 Å². The molecular weight excluding hydrogens is 276 g/mol. The maximum absolute atomic E-state index is 11.7. The lowest BCUT2D eigenvalue weighted by atomic mass is 10.4. The molecule has 0 atom stereocenters. The van der Waals surface area contributed by atoms with Crippen molar-refractivity contribution >= 4 is 33.3 Å². The zero-order valence-electron chi connectivity index (χ0n) is 10.5. The van der Waals surface area contributed by atoms with Gasteiger partial charge in [-0.05, 0) is 23.6 Å². The van der Waals surface area contributed by atoms with Crippen LogP contribution in [0.4, 0.5) is 5.82 Å². The number of nitrogens with zero attached hydrogens (tertiary/aromatic N) is 2. The molecule has 6 nitrogen and oxygen atoms in total. The van der Waals surface area contributed by atoms with Gasteiger partial charge in [0.05, 0.1) is 24.7 Å². The van der Waals surface area contributed by atoms with Gasteiger partial charge in [-0.25, -0.2) is 9.97 Å². The Morgan fingerprint density at radius 1 is 1.35 bits per heavy atom. The predicted molar refractivity (Wildman–Crippen MR) is 76.5 cm³/mol. The van der Waals surface area contributed by atoms with Gasteiger partial charge < -0.3 is 15.1 Å². The van der Waals surface area contributed by atoms with Crippen LogP contribution in [-0.2, 0) is 11.3 Å². The van der Waals surface area contributed by atoms with E-state index in [0.29, 0.717) is 12.4 Å². The molecule has 102 valence electrons. The maximum atomic E-state index is 11.7. The number of fused-ring (bicyclic) bond motifs is 1. The van der Waals surface area contributed by atoms with E-state index in [1.165, 1.54) is 6.33 Å². The molecule has 3 aromatic rings. The lowest BCUT2D eigenvalue weighted by Crippen LogP contribution is -2.29. The van der Waals surface area contributed by atoms with Gasteiger partial charge in [0.15, 0.2) is 0 Å². The highest BCUT2D eigenvalue weighted by molar-refractivity contribution is 7.16. The summed E-state index contributed by atoms with van der Waals surface area (Å²) in [6.07, 6.45) is 3.07. The molecule has 7 heteroatoms. The molecule has 3 heterocycles. The molecule has 1 amide bonds. The van der Waals surface area contributed by atoms with E-state index < -0.39 is 0 Å². The maximum Gasteiger partial charge on any atom is 0.239 e. The average Bonchev–Trinajstić information content (AvgIpc) is 3.13. The molecule has 0 fully saturated rings. The van der Waals surface area contributed by atoms with Gasteiger partial charge in [-0.15, -0.1) is 11.3 Å². The van der Waals surface area contributed by atoms with Gasteiger partial charge in [-0.2, -0.15) is 0 Å². The van der Waals surface area contributed by atoms with Crippen molar-refractivity contribution in [3.8, 4) is 0 Å². The first-order valence-corrected chi connectivity index (χ1v) is 6.92. The lowest BCUT2D eigenvalue weighted by Gasteiger charge is -2.06. The second-order valence-corrected chi connectivity index (χ2v) is 4.97. The monoisotopic (exact) mass is 288 g/mol. The second kappa shape index (κ2) is 5.70. The number of furan rings is 1. The summed E-state index contributed by atoms with van der Waals surface area (Å²) >= 11 is 1.54. The summed E-state index contributed by atoms with van der Waals surface area (Å²) in [5, 5.41) is 8.65. The van der Waals surface area contributed by atoms with E-state index in [4.69, 9.17) is 4.42 Å². The van der Waals surface area contributed by atoms with Crippen molar-refractivity contribution in [1.82, 2.24) is 15.3 Å². The van der Waals surface area contributed by atoms with Gasteiger partial charge in [0.1, 0.15) is 22.7 Å². The fraction of sp³-hybridized carbons (Fsp3) is 0.154. The lowest BCUT2D eigenvalue weighted by molar-refractivity contribution is -0.119. The van der Waals surface area contributed by atoms with E-state index in [1.807, 2.05) is 17.5 Å². The summed E-state index contributed by atoms with van der Waals surface area (Å²) in [4.78, 5) is 20.9. The highest BCUT2D eigenvalue weighted by Crippen LogP contribution is 2.23. The second-order valence-electron chi connectivity index (χ2n) is 4.07. The molecule has 0 saturated carbocycles. The van der Waals surface area contributed by atoms with Crippen LogP contribution in [0.25, 0.3) is 10.2 Å². The quantitative estimate of drug-likeness (QED) is 0.750. The molecule has 20 heavy (non-hydrogen) atoms. The fourth-order valence-electron chi connectivity index (χ4n) is 1.76. The molecule has 3 rings (SSSR count). The Morgan fingerprint density at radius 3 is 3.15 bits per heavy atom. The smallest absolute Gasteiger partial charge is 0.239 e. The van der Waals surface area contributed by atoms with Crippen LogP contribution < -0.4 is 10.6 Å². The molecule has 0 aromatic carbocycles. The third-order valence-electron chi connectivity index (χ3n) is 2.72. The molecule has 3 aromatic heterocycles. The van der Waals surface area contributed by atoms with E-state index >= 15 is 0 Å². The Bertz CT molecular complexity index is 708. The Hall–Kier alpha value is -2.41. The summed E-state index contributed by atoms with van der Waals surface area (Å²) < 4.78 is 5.14. The van der Waals surface area contributed by atoms with Crippen molar-refractivity contribution in [2.75, 3.05) is 11.9 Å². The Morgan fingerprint density at radius 2 is 2.30 bits per heavy atom. The summed E-state index contributed by atoms with van der Waals surface area (Å²) in [5.74, 6) is 1.27. The molecule has 2 N–H and O–H groups in total. The molecule has 0 saturated heterocycles. The van der Waals surface area contributed by atoms with Crippen LogP contribution in [0.15, 0.2) is 40.6 Å². The minimum atomic E-state index is -0.122. The van der Waals surface area contributed by atoms with Gasteiger partial charge in [-0.3, -0.25) is 4.79 Å². The van der Waals surface area contributed by atoms with Crippen LogP contribution in [-0.4, -0.2) is 22.4 Å². The first kappa shape index (κ1) is 12.6. The number of hydrogen-bond donors (Lipinski definition) is 2.